The van der Waals surface area contributed by atoms with Gasteiger partial charge in [0, 0.05) is 0 Å². The molecule has 1 aliphatic rings. The summed E-state index contributed by atoms with van der Waals surface area (Å²) in [5.74, 6) is 1.06. The summed E-state index contributed by atoms with van der Waals surface area (Å²) in [6.45, 7) is 0.468. The lowest BCUT2D eigenvalue weighted by atomic mass is 10.2. The van der Waals surface area contributed by atoms with Crippen molar-refractivity contribution in [3.05, 3.63) is 23.8 Å². The molecule has 0 fully saturated rings. The van der Waals surface area contributed by atoms with Crippen LogP contribution in [0.15, 0.2) is 18.2 Å². The molecule has 16 heavy (non-hydrogen) atoms. The van der Waals surface area contributed by atoms with Crippen molar-refractivity contribution in [3.8, 4) is 17.7 Å². The van der Waals surface area contributed by atoms with E-state index < -0.39 is 0 Å². The molecule has 2 rings (SSSR count). The number of rotatable bonds is 2. The van der Waals surface area contributed by atoms with Crippen molar-refractivity contribution in [2.45, 2.75) is 6.54 Å². The van der Waals surface area contributed by atoms with Crippen LogP contribution in [0.2, 0.25) is 0 Å². The minimum Gasteiger partial charge on any atom is -0.454 e. The Morgan fingerprint density at radius 1 is 1.50 bits per heavy atom. The molecule has 1 aliphatic heterocycles. The van der Waals surface area contributed by atoms with Gasteiger partial charge in [0.2, 0.25) is 12.8 Å². The average molecular weight is 218 g/mol. The predicted molar refractivity (Wildman–Crippen MR) is 55.6 cm³/mol. The molecule has 3 N–H and O–H groups in total. The zero-order valence-corrected chi connectivity index (χ0v) is 8.43. The Morgan fingerprint density at radius 2 is 2.25 bits per heavy atom. The number of fused-ring (bicyclic) bond motifs is 1. The van der Waals surface area contributed by atoms with Gasteiger partial charge in [-0.25, -0.2) is 4.90 Å². The van der Waals surface area contributed by atoms with Crippen molar-refractivity contribution in [1.82, 2.24) is 4.90 Å². The SMILES string of the molecule is N#CN(Cc1ccc2c(c1)OCO2)C(=N)N. The quantitative estimate of drug-likeness (QED) is 0.328. The summed E-state index contributed by atoms with van der Waals surface area (Å²) < 4.78 is 10.4. The van der Waals surface area contributed by atoms with Gasteiger partial charge in [-0.1, -0.05) is 6.07 Å². The van der Waals surface area contributed by atoms with Gasteiger partial charge in [0.25, 0.3) is 0 Å². The van der Waals surface area contributed by atoms with E-state index in [4.69, 9.17) is 25.9 Å². The first kappa shape index (κ1) is 10.1. The Balaban J connectivity index is 2.17. The minimum absolute atomic E-state index is 0.216. The highest BCUT2D eigenvalue weighted by Gasteiger charge is 2.14. The molecule has 1 heterocycles. The Morgan fingerprint density at radius 3 is 2.94 bits per heavy atom. The van der Waals surface area contributed by atoms with Gasteiger partial charge in [-0.2, -0.15) is 5.26 Å². The van der Waals surface area contributed by atoms with E-state index in [9.17, 15) is 0 Å². The van der Waals surface area contributed by atoms with Gasteiger partial charge < -0.3 is 15.2 Å². The third-order valence-electron chi connectivity index (χ3n) is 2.19. The Kier molecular flexibility index (Phi) is 2.52. The minimum atomic E-state index is -0.278. The fourth-order valence-corrected chi connectivity index (χ4v) is 1.40. The first-order valence-electron chi connectivity index (χ1n) is 4.60. The van der Waals surface area contributed by atoms with Crippen molar-refractivity contribution in [2.24, 2.45) is 5.73 Å². The van der Waals surface area contributed by atoms with E-state index in [1.807, 2.05) is 6.19 Å². The summed E-state index contributed by atoms with van der Waals surface area (Å²) >= 11 is 0. The highest BCUT2D eigenvalue weighted by molar-refractivity contribution is 5.76. The number of hydrogen-bond acceptors (Lipinski definition) is 4. The monoisotopic (exact) mass is 218 g/mol. The topological polar surface area (TPSA) is 95.4 Å². The number of ether oxygens (including phenoxy) is 2. The van der Waals surface area contributed by atoms with Gasteiger partial charge in [-0.3, -0.25) is 5.41 Å². The van der Waals surface area contributed by atoms with E-state index in [2.05, 4.69) is 0 Å². The number of nitriles is 1. The number of benzene rings is 1. The lowest BCUT2D eigenvalue weighted by molar-refractivity contribution is 0.174. The molecule has 0 aromatic heterocycles. The van der Waals surface area contributed by atoms with Crippen molar-refractivity contribution < 1.29 is 9.47 Å². The molecule has 0 bridgehead atoms. The number of hydrogen-bond donors (Lipinski definition) is 2. The summed E-state index contributed by atoms with van der Waals surface area (Å²) in [6.07, 6.45) is 1.83. The van der Waals surface area contributed by atoms with Crippen LogP contribution in [-0.4, -0.2) is 17.7 Å². The van der Waals surface area contributed by atoms with Crippen LogP contribution in [0.25, 0.3) is 0 Å². The number of nitrogens with two attached hydrogens (primary N) is 1. The Bertz CT molecular complexity index is 466. The second-order valence-electron chi connectivity index (χ2n) is 3.26. The molecule has 0 unspecified atom stereocenters. The summed E-state index contributed by atoms with van der Waals surface area (Å²) in [4.78, 5) is 1.08. The zero-order chi connectivity index (χ0) is 11.5. The predicted octanol–water partition coefficient (Wildman–Crippen LogP) is 0.592. The van der Waals surface area contributed by atoms with Gasteiger partial charge in [0.15, 0.2) is 17.7 Å². The first-order chi connectivity index (χ1) is 7.70. The lowest BCUT2D eigenvalue weighted by Gasteiger charge is -2.12. The summed E-state index contributed by atoms with van der Waals surface area (Å²) in [5.41, 5.74) is 6.07. The van der Waals surface area contributed by atoms with E-state index in [1.54, 1.807) is 18.2 Å². The smallest absolute Gasteiger partial charge is 0.231 e. The van der Waals surface area contributed by atoms with Crippen LogP contribution in [0, 0.1) is 16.9 Å². The number of nitrogens with zero attached hydrogens (tertiary/aromatic N) is 2. The molecule has 0 aliphatic carbocycles. The van der Waals surface area contributed by atoms with Crippen LogP contribution in [0.3, 0.4) is 0 Å². The van der Waals surface area contributed by atoms with Crippen LogP contribution in [0.5, 0.6) is 11.5 Å². The zero-order valence-electron chi connectivity index (χ0n) is 8.43. The van der Waals surface area contributed by atoms with E-state index in [0.29, 0.717) is 11.5 Å². The lowest BCUT2D eigenvalue weighted by Crippen LogP contribution is -2.31. The average Bonchev–Trinajstić information content (AvgIpc) is 2.72. The molecular weight excluding hydrogens is 208 g/mol. The van der Waals surface area contributed by atoms with Crippen molar-refractivity contribution in [3.63, 3.8) is 0 Å². The molecule has 6 heteroatoms. The molecule has 0 radical (unpaired) electrons. The maximum Gasteiger partial charge on any atom is 0.231 e. The van der Waals surface area contributed by atoms with Gasteiger partial charge in [-0.15, -0.1) is 0 Å². The first-order valence-corrected chi connectivity index (χ1v) is 4.60. The van der Waals surface area contributed by atoms with Crippen LogP contribution in [-0.2, 0) is 6.54 Å². The number of guanidine groups is 1. The van der Waals surface area contributed by atoms with Crippen LogP contribution < -0.4 is 15.2 Å². The highest BCUT2D eigenvalue weighted by atomic mass is 16.7. The highest BCUT2D eigenvalue weighted by Crippen LogP contribution is 2.32. The van der Waals surface area contributed by atoms with Crippen LogP contribution >= 0.6 is 0 Å². The molecule has 0 spiro atoms. The van der Waals surface area contributed by atoms with E-state index >= 15 is 0 Å². The van der Waals surface area contributed by atoms with E-state index in [1.165, 1.54) is 0 Å². The third kappa shape index (κ3) is 1.83. The fraction of sp³-hybridized carbons (Fsp3) is 0.200. The molecule has 0 saturated heterocycles. The molecule has 0 amide bonds. The van der Waals surface area contributed by atoms with E-state index in [0.717, 1.165) is 10.5 Å². The Labute approximate surface area is 92.3 Å². The summed E-state index contributed by atoms with van der Waals surface area (Å²) in [5, 5.41) is 15.9. The van der Waals surface area contributed by atoms with Gasteiger partial charge in [-0.05, 0) is 17.7 Å². The van der Waals surface area contributed by atoms with E-state index in [-0.39, 0.29) is 19.3 Å². The normalized spacial score (nSPS) is 11.9. The third-order valence-corrected chi connectivity index (χ3v) is 2.19. The second kappa shape index (κ2) is 3.98. The summed E-state index contributed by atoms with van der Waals surface area (Å²) in [6, 6.07) is 5.35. The Hall–Kier alpha value is -2.42. The second-order valence-corrected chi connectivity index (χ2v) is 3.26. The van der Waals surface area contributed by atoms with Crippen LogP contribution in [0.1, 0.15) is 5.56 Å². The molecule has 6 nitrogen and oxygen atoms in total. The summed E-state index contributed by atoms with van der Waals surface area (Å²) in [7, 11) is 0. The largest absolute Gasteiger partial charge is 0.454 e. The molecular formula is C10H10N4O2. The maximum absolute atomic E-state index is 8.75. The van der Waals surface area contributed by atoms with Gasteiger partial charge >= 0.3 is 0 Å². The molecule has 0 saturated carbocycles. The van der Waals surface area contributed by atoms with Crippen molar-refractivity contribution in [1.29, 1.82) is 10.7 Å². The molecule has 82 valence electrons. The molecule has 1 aromatic rings. The standard InChI is InChI=1S/C10H10N4O2/c11-5-14(10(12)13)4-7-1-2-8-9(3-7)16-6-15-8/h1-3H,4,6H2,(H3,12,13). The number of nitrogens with one attached hydrogen (secondary N) is 1. The van der Waals surface area contributed by atoms with Crippen LogP contribution in [0.4, 0.5) is 0 Å². The maximum atomic E-state index is 8.75. The van der Waals surface area contributed by atoms with Crippen molar-refractivity contribution >= 4 is 5.96 Å². The van der Waals surface area contributed by atoms with Crippen molar-refractivity contribution in [2.75, 3.05) is 6.79 Å². The van der Waals surface area contributed by atoms with Gasteiger partial charge in [0.05, 0.1) is 6.54 Å². The fourth-order valence-electron chi connectivity index (χ4n) is 1.40. The van der Waals surface area contributed by atoms with Gasteiger partial charge in [0.1, 0.15) is 0 Å². The molecule has 1 aromatic carbocycles. The molecule has 0 atom stereocenters.